The largest absolute Gasteiger partial charge is 0.349 e. The first-order valence-electron chi connectivity index (χ1n) is 11.1. The predicted molar refractivity (Wildman–Crippen MR) is 129 cm³/mol. The number of aliphatic imine (C=N–C) groups is 1. The van der Waals surface area contributed by atoms with Crippen molar-refractivity contribution in [1.82, 2.24) is 5.32 Å². The van der Waals surface area contributed by atoms with Crippen molar-refractivity contribution in [3.63, 3.8) is 0 Å². The van der Waals surface area contributed by atoms with Gasteiger partial charge < -0.3 is 10.2 Å². The van der Waals surface area contributed by atoms with Gasteiger partial charge in [-0.3, -0.25) is 9.59 Å². The number of halogens is 1. The van der Waals surface area contributed by atoms with Gasteiger partial charge in [0.1, 0.15) is 10.7 Å². The quantitative estimate of drug-likeness (QED) is 0.601. The molecule has 2 aromatic rings. The lowest BCUT2D eigenvalue weighted by molar-refractivity contribution is -0.111. The van der Waals surface area contributed by atoms with Crippen molar-refractivity contribution < 1.29 is 9.59 Å². The van der Waals surface area contributed by atoms with Gasteiger partial charge in [-0.25, -0.2) is 4.99 Å². The second-order valence-electron chi connectivity index (χ2n) is 8.69. The molecule has 1 saturated carbocycles. The smallest absolute Gasteiger partial charge is 0.277 e. The van der Waals surface area contributed by atoms with Gasteiger partial charge in [-0.1, -0.05) is 35.2 Å². The molecule has 1 N–H and O–H groups in total. The second kappa shape index (κ2) is 8.51. The normalized spacial score (nSPS) is 20.1. The molecule has 0 saturated heterocycles. The van der Waals surface area contributed by atoms with Crippen LogP contribution in [0, 0.1) is 0 Å². The Morgan fingerprint density at radius 1 is 1.16 bits per heavy atom. The Hall–Kier alpha value is -1.99. The molecular weight excluding hydrogens is 474 g/mol. The Balaban J connectivity index is 1.57. The average Bonchev–Trinajstić information content (AvgIpc) is 3.25. The zero-order chi connectivity index (χ0) is 21.5. The summed E-state index contributed by atoms with van der Waals surface area (Å²) in [5.41, 5.74) is 3.94. The van der Waals surface area contributed by atoms with Crippen LogP contribution >= 0.6 is 27.3 Å². The number of aryl methyl sites for hydroxylation is 1. The maximum atomic E-state index is 13.4. The van der Waals surface area contributed by atoms with E-state index >= 15 is 0 Å². The molecule has 7 heteroatoms. The van der Waals surface area contributed by atoms with Gasteiger partial charge in [0.05, 0.1) is 11.3 Å². The number of carbonyl (C=O) groups is 2. The van der Waals surface area contributed by atoms with Crippen LogP contribution in [-0.4, -0.2) is 30.6 Å². The number of nitrogens with one attached hydrogen (secondary N) is 1. The molecule has 31 heavy (non-hydrogen) atoms. The molecule has 1 fully saturated rings. The van der Waals surface area contributed by atoms with Gasteiger partial charge >= 0.3 is 0 Å². The summed E-state index contributed by atoms with van der Waals surface area (Å²) in [7, 11) is 1.77. The van der Waals surface area contributed by atoms with Crippen molar-refractivity contribution in [3.8, 4) is 0 Å². The molecule has 1 aromatic heterocycles. The van der Waals surface area contributed by atoms with E-state index in [0.29, 0.717) is 16.3 Å². The van der Waals surface area contributed by atoms with Crippen molar-refractivity contribution in [2.75, 3.05) is 11.9 Å². The van der Waals surface area contributed by atoms with E-state index in [4.69, 9.17) is 4.99 Å². The molecule has 3 aliphatic rings. The van der Waals surface area contributed by atoms with Gasteiger partial charge in [0.2, 0.25) is 0 Å². The third-order valence-corrected chi connectivity index (χ3v) is 8.29. The first kappa shape index (κ1) is 20.9. The van der Waals surface area contributed by atoms with Gasteiger partial charge in [-0.15, -0.1) is 11.3 Å². The molecule has 5 nitrogen and oxygen atoms in total. The Labute approximate surface area is 195 Å². The highest BCUT2D eigenvalue weighted by atomic mass is 79.9. The number of amides is 2. The van der Waals surface area contributed by atoms with Gasteiger partial charge in [0, 0.05) is 28.0 Å². The number of anilines is 1. The van der Waals surface area contributed by atoms with Crippen molar-refractivity contribution in [2.24, 2.45) is 4.99 Å². The molecule has 2 amide bonds. The van der Waals surface area contributed by atoms with Gasteiger partial charge in [-0.05, 0) is 62.3 Å². The minimum Gasteiger partial charge on any atom is -0.349 e. The van der Waals surface area contributed by atoms with Crippen LogP contribution < -0.4 is 10.2 Å². The van der Waals surface area contributed by atoms with E-state index in [1.807, 2.05) is 18.2 Å². The first-order valence-corrected chi connectivity index (χ1v) is 12.8. The average molecular weight is 500 g/mol. The lowest BCUT2D eigenvalue weighted by Gasteiger charge is -2.23. The molecule has 2 aliphatic carbocycles. The Morgan fingerprint density at radius 3 is 2.74 bits per heavy atom. The zero-order valence-electron chi connectivity index (χ0n) is 17.7. The Morgan fingerprint density at radius 2 is 1.94 bits per heavy atom. The Bertz CT molecular complexity index is 1080. The van der Waals surface area contributed by atoms with Gasteiger partial charge in [0.25, 0.3) is 11.8 Å². The minimum absolute atomic E-state index is 0.0149. The summed E-state index contributed by atoms with van der Waals surface area (Å²) in [5, 5.41) is 3.97. The molecule has 2 heterocycles. The van der Waals surface area contributed by atoms with Gasteiger partial charge in [0.15, 0.2) is 0 Å². The summed E-state index contributed by atoms with van der Waals surface area (Å²) in [6.07, 6.45) is 9.85. The van der Waals surface area contributed by atoms with Crippen LogP contribution in [-0.2, 0) is 17.6 Å². The lowest BCUT2D eigenvalue weighted by atomic mass is 9.93. The van der Waals surface area contributed by atoms with E-state index in [1.54, 1.807) is 23.3 Å². The zero-order valence-corrected chi connectivity index (χ0v) is 20.1. The number of nitrogens with zero attached hydrogens (tertiary/aromatic N) is 2. The monoisotopic (exact) mass is 499 g/mol. The highest BCUT2D eigenvalue weighted by Crippen LogP contribution is 2.41. The van der Waals surface area contributed by atoms with E-state index in [1.165, 1.54) is 24.1 Å². The first-order chi connectivity index (χ1) is 15.0. The number of hydrogen-bond donors (Lipinski definition) is 1. The van der Waals surface area contributed by atoms with Crippen LogP contribution in [0.15, 0.2) is 27.7 Å². The van der Waals surface area contributed by atoms with Crippen molar-refractivity contribution in [3.05, 3.63) is 44.2 Å². The van der Waals surface area contributed by atoms with Gasteiger partial charge in [-0.2, -0.15) is 0 Å². The number of rotatable bonds is 3. The van der Waals surface area contributed by atoms with Crippen molar-refractivity contribution in [1.29, 1.82) is 0 Å². The van der Waals surface area contributed by atoms with Crippen LogP contribution in [0.2, 0.25) is 0 Å². The highest BCUT2D eigenvalue weighted by molar-refractivity contribution is 9.10. The number of benzene rings is 1. The SMILES string of the molecule is CN1C(=O)/C(=N/c2sc3c(c2C(=O)NC2CCCCC2)CCCC3)c2cc(Br)ccc21. The van der Waals surface area contributed by atoms with E-state index in [2.05, 4.69) is 21.2 Å². The van der Waals surface area contributed by atoms with Crippen LogP contribution in [0.25, 0.3) is 0 Å². The van der Waals surface area contributed by atoms with E-state index in [9.17, 15) is 9.59 Å². The van der Waals surface area contributed by atoms with E-state index in [-0.39, 0.29) is 17.9 Å². The number of thiophene rings is 1. The van der Waals surface area contributed by atoms with E-state index in [0.717, 1.165) is 59.8 Å². The summed E-state index contributed by atoms with van der Waals surface area (Å²) in [6.45, 7) is 0. The van der Waals surface area contributed by atoms with Crippen LogP contribution in [0.4, 0.5) is 10.7 Å². The topological polar surface area (TPSA) is 61.8 Å². The number of likely N-dealkylation sites (N-methyl/N-ethyl adjacent to an activating group) is 1. The lowest BCUT2D eigenvalue weighted by Crippen LogP contribution is -2.36. The minimum atomic E-state index is -0.127. The van der Waals surface area contributed by atoms with Crippen LogP contribution in [0.1, 0.15) is 71.3 Å². The fraction of sp³-hybridized carbons (Fsp3) is 0.458. The molecule has 5 rings (SSSR count). The molecular formula is C24H26BrN3O2S. The summed E-state index contributed by atoms with van der Waals surface area (Å²) in [5.74, 6) is -0.142. The molecule has 0 atom stereocenters. The molecule has 0 spiro atoms. The highest BCUT2D eigenvalue weighted by Gasteiger charge is 2.33. The third kappa shape index (κ3) is 3.87. The standard InChI is InChI=1S/C24H26BrN3O2S/c1-28-18-12-11-14(25)13-17(18)21(24(28)30)27-23-20(16-9-5-6-10-19(16)31-23)22(29)26-15-7-3-2-4-8-15/h11-13,15H,2-10H2,1H3,(H,26,29)/b27-21+. The fourth-order valence-corrected chi connectivity index (χ4v) is 6.58. The fourth-order valence-electron chi connectivity index (χ4n) is 4.95. The predicted octanol–water partition coefficient (Wildman–Crippen LogP) is 5.55. The summed E-state index contributed by atoms with van der Waals surface area (Å²) >= 11 is 5.10. The Kier molecular flexibility index (Phi) is 5.73. The van der Waals surface area contributed by atoms with Crippen molar-refractivity contribution in [2.45, 2.75) is 63.8 Å². The molecule has 1 aromatic carbocycles. The number of carbonyl (C=O) groups excluding carboxylic acids is 2. The number of hydrogen-bond acceptors (Lipinski definition) is 4. The molecule has 0 bridgehead atoms. The van der Waals surface area contributed by atoms with Crippen LogP contribution in [0.5, 0.6) is 0 Å². The molecule has 0 radical (unpaired) electrons. The third-order valence-electron chi connectivity index (χ3n) is 6.62. The number of fused-ring (bicyclic) bond motifs is 2. The summed E-state index contributed by atoms with van der Waals surface area (Å²) in [6, 6.07) is 6.04. The van der Waals surface area contributed by atoms with E-state index < -0.39 is 0 Å². The maximum absolute atomic E-state index is 13.4. The van der Waals surface area contributed by atoms with Crippen LogP contribution in [0.3, 0.4) is 0 Å². The summed E-state index contributed by atoms with van der Waals surface area (Å²) < 4.78 is 0.905. The molecule has 162 valence electrons. The second-order valence-corrected chi connectivity index (χ2v) is 10.7. The maximum Gasteiger partial charge on any atom is 0.277 e. The van der Waals surface area contributed by atoms with Crippen molar-refractivity contribution >= 4 is 55.5 Å². The molecule has 0 unspecified atom stereocenters. The summed E-state index contributed by atoms with van der Waals surface area (Å²) in [4.78, 5) is 34.2. The molecule has 1 aliphatic heterocycles.